The van der Waals surface area contributed by atoms with Gasteiger partial charge in [0, 0.05) is 32.5 Å². The summed E-state index contributed by atoms with van der Waals surface area (Å²) in [5, 5.41) is 3.75. The number of hydrogen-bond donors (Lipinski definition) is 2. The molecule has 1 fully saturated rings. The van der Waals surface area contributed by atoms with Gasteiger partial charge in [0.1, 0.15) is 5.01 Å². The molecule has 2 aromatic heterocycles. The maximum atomic E-state index is 13.2. The number of carbonyl (C=O) groups excluding carboxylic acids is 2. The van der Waals surface area contributed by atoms with Gasteiger partial charge in [-0.2, -0.15) is 0 Å². The maximum Gasteiger partial charge on any atom is 0.250 e. The summed E-state index contributed by atoms with van der Waals surface area (Å²) in [5.41, 5.74) is 2.80. The highest BCUT2D eigenvalue weighted by Crippen LogP contribution is 2.35. The minimum absolute atomic E-state index is 0.0780. The molecule has 2 amide bonds. The number of aryl methyl sites for hydroxylation is 2. The van der Waals surface area contributed by atoms with Crippen molar-refractivity contribution in [1.82, 2.24) is 20.2 Å². The van der Waals surface area contributed by atoms with Gasteiger partial charge in [-0.1, -0.05) is 0 Å². The summed E-state index contributed by atoms with van der Waals surface area (Å²) in [6.45, 7) is 1.48. The van der Waals surface area contributed by atoms with Gasteiger partial charge in [0.2, 0.25) is 11.8 Å². The van der Waals surface area contributed by atoms with Crippen molar-refractivity contribution in [1.29, 1.82) is 0 Å². The summed E-state index contributed by atoms with van der Waals surface area (Å²) in [6.07, 6.45) is 3.48. The van der Waals surface area contributed by atoms with Crippen LogP contribution in [-0.2, 0) is 31.2 Å². The third kappa shape index (κ3) is 5.82. The first-order valence-corrected chi connectivity index (χ1v) is 14.0. The Morgan fingerprint density at radius 1 is 1.28 bits per heavy atom. The first kappa shape index (κ1) is 26.0. The lowest BCUT2D eigenvalue weighted by atomic mass is 10.0. The lowest BCUT2D eigenvalue weighted by Crippen LogP contribution is -2.41. The number of hydrogen-bond acceptors (Lipinski definition) is 8. The van der Waals surface area contributed by atoms with Crippen molar-refractivity contribution in [3.63, 3.8) is 0 Å². The highest BCUT2D eigenvalue weighted by molar-refractivity contribution is 7.92. The number of nitrogens with one attached hydrogen (secondary N) is 2. The number of sulfone groups is 1. The Kier molecular flexibility index (Phi) is 7.57. The number of fused-ring (bicyclic) bond motifs is 1. The standard InChI is InChI=1S/C24H28N4O6S2/c1-14-10-18-19(12-17(14)15-6-7-28(2)21(30)11-15)35-24(27-18)22(36(32,33)9-8-34-3)23(31)25-13-20(29)26-16-4-5-16/h6-7,10-12,16,22H,4-5,8-9,13H2,1-3H3,(H,25,31)(H,26,29). The van der Waals surface area contributed by atoms with Gasteiger partial charge < -0.3 is 19.9 Å². The summed E-state index contributed by atoms with van der Waals surface area (Å²) in [4.78, 5) is 41.7. The van der Waals surface area contributed by atoms with E-state index in [0.29, 0.717) is 10.2 Å². The second-order valence-electron chi connectivity index (χ2n) is 8.85. The first-order valence-electron chi connectivity index (χ1n) is 11.4. The molecule has 1 aliphatic rings. The Morgan fingerprint density at radius 2 is 2.03 bits per heavy atom. The van der Waals surface area contributed by atoms with Crippen LogP contribution < -0.4 is 16.2 Å². The van der Waals surface area contributed by atoms with Crippen molar-refractivity contribution in [2.45, 2.75) is 31.1 Å². The van der Waals surface area contributed by atoms with E-state index in [4.69, 9.17) is 4.74 Å². The van der Waals surface area contributed by atoms with Gasteiger partial charge in [-0.05, 0) is 54.7 Å². The van der Waals surface area contributed by atoms with E-state index in [1.54, 1.807) is 13.2 Å². The molecule has 2 N–H and O–H groups in total. The van der Waals surface area contributed by atoms with Crippen LogP contribution in [0.5, 0.6) is 0 Å². The van der Waals surface area contributed by atoms with E-state index in [9.17, 15) is 22.8 Å². The molecule has 2 heterocycles. The van der Waals surface area contributed by atoms with Crippen molar-refractivity contribution in [3.8, 4) is 11.1 Å². The van der Waals surface area contributed by atoms with Crippen LogP contribution in [0.4, 0.5) is 0 Å². The van der Waals surface area contributed by atoms with E-state index < -0.39 is 21.0 Å². The number of benzene rings is 1. The van der Waals surface area contributed by atoms with E-state index in [1.807, 2.05) is 25.1 Å². The lowest BCUT2D eigenvalue weighted by Gasteiger charge is -2.15. The first-order chi connectivity index (χ1) is 17.1. The highest BCUT2D eigenvalue weighted by Gasteiger charge is 2.37. The van der Waals surface area contributed by atoms with Crippen molar-refractivity contribution < 1.29 is 22.7 Å². The molecule has 0 bridgehead atoms. The third-order valence-corrected chi connectivity index (χ3v) is 9.05. The van der Waals surface area contributed by atoms with Gasteiger partial charge in [0.05, 0.1) is 29.1 Å². The van der Waals surface area contributed by atoms with E-state index >= 15 is 0 Å². The Bertz CT molecular complexity index is 1470. The number of methoxy groups -OCH3 is 1. The van der Waals surface area contributed by atoms with Crippen LogP contribution in [0.1, 0.15) is 28.7 Å². The van der Waals surface area contributed by atoms with Crippen LogP contribution in [0, 0.1) is 6.92 Å². The van der Waals surface area contributed by atoms with Crippen molar-refractivity contribution in [2.75, 3.05) is 26.0 Å². The van der Waals surface area contributed by atoms with Gasteiger partial charge in [-0.25, -0.2) is 13.4 Å². The number of nitrogens with zero attached hydrogens (tertiary/aromatic N) is 2. The second-order valence-corrected chi connectivity index (χ2v) is 12.1. The fraction of sp³-hybridized carbons (Fsp3) is 0.417. The fourth-order valence-corrected chi connectivity index (χ4v) is 6.71. The molecule has 12 heteroatoms. The Hall–Kier alpha value is -3.09. The summed E-state index contributed by atoms with van der Waals surface area (Å²) in [5.74, 6) is -1.54. The van der Waals surface area contributed by atoms with E-state index in [0.717, 1.165) is 40.9 Å². The maximum absolute atomic E-state index is 13.2. The summed E-state index contributed by atoms with van der Waals surface area (Å²) in [6, 6.07) is 7.15. The average molecular weight is 533 g/mol. The lowest BCUT2D eigenvalue weighted by molar-refractivity contribution is -0.126. The molecule has 1 aromatic carbocycles. The van der Waals surface area contributed by atoms with Gasteiger partial charge in [-0.15, -0.1) is 11.3 Å². The smallest absolute Gasteiger partial charge is 0.250 e. The summed E-state index contributed by atoms with van der Waals surface area (Å²) >= 11 is 1.10. The molecule has 36 heavy (non-hydrogen) atoms. The van der Waals surface area contributed by atoms with Crippen LogP contribution in [0.25, 0.3) is 21.3 Å². The number of amides is 2. The molecule has 0 radical (unpaired) electrons. The molecule has 192 valence electrons. The molecular formula is C24H28N4O6S2. The van der Waals surface area contributed by atoms with E-state index in [-0.39, 0.29) is 41.4 Å². The van der Waals surface area contributed by atoms with Crippen LogP contribution in [-0.4, -0.2) is 61.8 Å². The number of rotatable bonds is 10. The summed E-state index contributed by atoms with van der Waals surface area (Å²) in [7, 11) is -0.941. The molecule has 1 saturated carbocycles. The molecule has 1 atom stereocenters. The van der Waals surface area contributed by atoms with Crippen LogP contribution in [0.2, 0.25) is 0 Å². The number of thiazole rings is 1. The van der Waals surface area contributed by atoms with Crippen LogP contribution in [0.15, 0.2) is 35.3 Å². The van der Waals surface area contributed by atoms with Crippen molar-refractivity contribution in [2.24, 2.45) is 7.05 Å². The highest BCUT2D eigenvalue weighted by atomic mass is 32.2. The zero-order chi connectivity index (χ0) is 26.0. The largest absolute Gasteiger partial charge is 0.384 e. The fourth-order valence-electron chi connectivity index (χ4n) is 3.75. The average Bonchev–Trinajstić information content (AvgIpc) is 3.55. The minimum Gasteiger partial charge on any atom is -0.384 e. The Balaban J connectivity index is 1.68. The zero-order valence-electron chi connectivity index (χ0n) is 20.2. The van der Waals surface area contributed by atoms with Crippen LogP contribution in [0.3, 0.4) is 0 Å². The number of ether oxygens (including phenoxy) is 1. The topological polar surface area (TPSA) is 136 Å². The van der Waals surface area contributed by atoms with Gasteiger partial charge >= 0.3 is 0 Å². The molecule has 0 spiro atoms. The monoisotopic (exact) mass is 532 g/mol. The third-order valence-electron chi connectivity index (χ3n) is 5.93. The summed E-state index contributed by atoms with van der Waals surface area (Å²) < 4.78 is 33.4. The SMILES string of the molecule is COCCS(=O)(=O)C(C(=O)NCC(=O)NC1CC1)c1nc2cc(C)c(-c3ccn(C)c(=O)c3)cc2s1. The van der Waals surface area contributed by atoms with Gasteiger partial charge in [0.15, 0.2) is 15.1 Å². The van der Waals surface area contributed by atoms with Gasteiger partial charge in [-0.3, -0.25) is 14.4 Å². The van der Waals surface area contributed by atoms with E-state index in [2.05, 4.69) is 15.6 Å². The quantitative estimate of drug-likeness (QED) is 0.403. The van der Waals surface area contributed by atoms with Crippen LogP contribution >= 0.6 is 11.3 Å². The molecule has 10 nitrogen and oxygen atoms in total. The Labute approximate surface area is 212 Å². The molecule has 4 rings (SSSR count). The molecule has 0 aliphatic heterocycles. The molecule has 3 aromatic rings. The predicted molar refractivity (Wildman–Crippen MR) is 138 cm³/mol. The predicted octanol–water partition coefficient (Wildman–Crippen LogP) is 1.47. The van der Waals surface area contributed by atoms with E-state index in [1.165, 1.54) is 17.7 Å². The minimum atomic E-state index is -3.99. The van der Waals surface area contributed by atoms with Crippen molar-refractivity contribution in [3.05, 3.63) is 51.4 Å². The normalized spacial score (nSPS) is 14.5. The molecule has 0 saturated heterocycles. The molecule has 1 unspecified atom stereocenters. The Morgan fingerprint density at radius 3 is 2.69 bits per heavy atom. The molecular weight excluding hydrogens is 504 g/mol. The van der Waals surface area contributed by atoms with Gasteiger partial charge in [0.25, 0.3) is 5.56 Å². The second kappa shape index (κ2) is 10.5. The number of carbonyl (C=O) groups is 2. The number of aromatic nitrogens is 2. The zero-order valence-corrected chi connectivity index (χ0v) is 21.9. The van der Waals surface area contributed by atoms with Crippen molar-refractivity contribution >= 4 is 43.2 Å². The molecule has 1 aliphatic carbocycles. The number of pyridine rings is 1.